The second-order valence-corrected chi connectivity index (χ2v) is 3.16. The molecule has 2 aromatic rings. The maximum absolute atomic E-state index is 9.06. The Kier molecular flexibility index (Phi) is 2.22. The Morgan fingerprint density at radius 1 is 1.43 bits per heavy atom. The van der Waals surface area contributed by atoms with Crippen LogP contribution in [0.1, 0.15) is 5.69 Å². The normalized spacial score (nSPS) is 10.6. The third-order valence-corrected chi connectivity index (χ3v) is 2.14. The molecule has 1 N–H and O–H groups in total. The molecule has 5 nitrogen and oxygen atoms in total. The molecule has 2 aromatic heterocycles. The molecule has 0 amide bonds. The van der Waals surface area contributed by atoms with Gasteiger partial charge < -0.3 is 5.11 Å². The van der Waals surface area contributed by atoms with Gasteiger partial charge in [0.25, 0.3) is 0 Å². The molecule has 0 aliphatic heterocycles. The van der Waals surface area contributed by atoms with Gasteiger partial charge in [-0.3, -0.25) is 9.36 Å². The minimum Gasteiger partial charge on any atom is -0.505 e. The van der Waals surface area contributed by atoms with Crippen molar-refractivity contribution in [1.82, 2.24) is 19.6 Å². The minimum atomic E-state index is 0.204. The summed E-state index contributed by atoms with van der Waals surface area (Å²) in [6.07, 6.45) is 5.67. The summed E-state index contributed by atoms with van der Waals surface area (Å²) in [6.45, 7) is 0.750. The Morgan fingerprint density at radius 3 is 2.86 bits per heavy atom. The second-order valence-electron chi connectivity index (χ2n) is 3.16. The van der Waals surface area contributed by atoms with Gasteiger partial charge in [-0.25, -0.2) is 0 Å². The van der Waals surface area contributed by atoms with Gasteiger partial charge in [0.2, 0.25) is 0 Å². The van der Waals surface area contributed by atoms with E-state index in [1.807, 2.05) is 17.8 Å². The lowest BCUT2D eigenvalue weighted by Crippen LogP contribution is -2.05. The number of aromatic hydroxyl groups is 1. The molecular formula is C9H12N4O. The van der Waals surface area contributed by atoms with Gasteiger partial charge in [0.1, 0.15) is 0 Å². The molecule has 14 heavy (non-hydrogen) atoms. The lowest BCUT2D eigenvalue weighted by molar-refractivity contribution is 0.473. The van der Waals surface area contributed by atoms with Crippen LogP contribution in [0.3, 0.4) is 0 Å². The monoisotopic (exact) mass is 192 g/mol. The van der Waals surface area contributed by atoms with E-state index in [9.17, 15) is 0 Å². The van der Waals surface area contributed by atoms with Crippen LogP contribution < -0.4 is 0 Å². The highest BCUT2D eigenvalue weighted by Crippen LogP contribution is 2.05. The van der Waals surface area contributed by atoms with Crippen molar-refractivity contribution in [3.63, 3.8) is 0 Å². The second kappa shape index (κ2) is 3.53. The summed E-state index contributed by atoms with van der Waals surface area (Å²) in [5.74, 6) is 0.204. The first kappa shape index (κ1) is 8.80. The van der Waals surface area contributed by atoms with Crippen LogP contribution in [0.15, 0.2) is 24.7 Å². The fourth-order valence-electron chi connectivity index (χ4n) is 1.35. The van der Waals surface area contributed by atoms with Crippen LogP contribution in [0.4, 0.5) is 0 Å². The standard InChI is InChI=1S/C9H12N4O/c1-12-8(2-4-10-12)3-5-13-7-9(14)6-11-13/h2,4,6-7,14H,3,5H2,1H3. The molecule has 2 rings (SSSR count). The molecule has 0 atom stereocenters. The van der Waals surface area contributed by atoms with E-state index in [1.54, 1.807) is 17.1 Å². The van der Waals surface area contributed by atoms with Gasteiger partial charge in [-0.2, -0.15) is 10.2 Å². The van der Waals surface area contributed by atoms with E-state index < -0.39 is 0 Å². The quantitative estimate of drug-likeness (QED) is 0.773. The summed E-state index contributed by atoms with van der Waals surface area (Å²) in [5, 5.41) is 17.1. The molecule has 5 heteroatoms. The zero-order valence-electron chi connectivity index (χ0n) is 7.96. The van der Waals surface area contributed by atoms with Crippen LogP contribution >= 0.6 is 0 Å². The van der Waals surface area contributed by atoms with E-state index in [1.165, 1.54) is 6.20 Å². The summed E-state index contributed by atoms with van der Waals surface area (Å²) in [5.41, 5.74) is 1.15. The predicted molar refractivity (Wildman–Crippen MR) is 50.8 cm³/mol. The van der Waals surface area contributed by atoms with Crippen molar-refractivity contribution in [3.8, 4) is 5.75 Å². The molecule has 0 unspecified atom stereocenters. The van der Waals surface area contributed by atoms with E-state index in [0.29, 0.717) is 0 Å². The Hall–Kier alpha value is -1.78. The molecule has 0 bridgehead atoms. The van der Waals surface area contributed by atoms with Crippen LogP contribution in [0.2, 0.25) is 0 Å². The topological polar surface area (TPSA) is 55.9 Å². The first-order valence-corrected chi connectivity index (χ1v) is 4.44. The number of nitrogens with zero attached hydrogens (tertiary/aromatic N) is 4. The molecule has 0 aliphatic rings. The highest BCUT2D eigenvalue weighted by atomic mass is 16.3. The summed E-state index contributed by atoms with van der Waals surface area (Å²) in [4.78, 5) is 0. The Bertz CT molecular complexity index is 418. The van der Waals surface area contributed by atoms with Crippen LogP contribution in [-0.2, 0) is 20.0 Å². The van der Waals surface area contributed by atoms with Crippen LogP contribution in [0.5, 0.6) is 5.75 Å². The fourth-order valence-corrected chi connectivity index (χ4v) is 1.35. The average Bonchev–Trinajstić information content (AvgIpc) is 2.72. The lowest BCUT2D eigenvalue weighted by atomic mass is 10.3. The van der Waals surface area contributed by atoms with Gasteiger partial charge in [0.15, 0.2) is 5.75 Å². The van der Waals surface area contributed by atoms with Gasteiger partial charge in [0.05, 0.1) is 12.4 Å². The van der Waals surface area contributed by atoms with Gasteiger partial charge in [0, 0.05) is 31.9 Å². The number of aryl methyl sites for hydroxylation is 3. The maximum atomic E-state index is 9.06. The third kappa shape index (κ3) is 1.76. The van der Waals surface area contributed by atoms with Crippen molar-refractivity contribution in [3.05, 3.63) is 30.4 Å². The molecule has 0 fully saturated rings. The number of rotatable bonds is 3. The molecule has 0 aromatic carbocycles. The van der Waals surface area contributed by atoms with Crippen LogP contribution in [0, 0.1) is 0 Å². The maximum Gasteiger partial charge on any atom is 0.153 e. The van der Waals surface area contributed by atoms with Gasteiger partial charge >= 0.3 is 0 Å². The molecule has 0 saturated heterocycles. The molecular weight excluding hydrogens is 180 g/mol. The largest absolute Gasteiger partial charge is 0.505 e. The lowest BCUT2D eigenvalue weighted by Gasteiger charge is -2.01. The number of hydrogen-bond acceptors (Lipinski definition) is 3. The minimum absolute atomic E-state index is 0.204. The third-order valence-electron chi connectivity index (χ3n) is 2.14. The van der Waals surface area contributed by atoms with Crippen molar-refractivity contribution >= 4 is 0 Å². The molecule has 0 saturated carbocycles. The fraction of sp³-hybridized carbons (Fsp3) is 0.333. The summed E-state index contributed by atoms with van der Waals surface area (Å²) in [7, 11) is 1.91. The summed E-state index contributed by atoms with van der Waals surface area (Å²) >= 11 is 0. The van der Waals surface area contributed by atoms with Gasteiger partial charge in [-0.15, -0.1) is 0 Å². The molecule has 74 valence electrons. The van der Waals surface area contributed by atoms with E-state index >= 15 is 0 Å². The molecule has 0 radical (unpaired) electrons. The number of hydrogen-bond donors (Lipinski definition) is 1. The number of aromatic nitrogens is 4. The van der Waals surface area contributed by atoms with E-state index in [-0.39, 0.29) is 5.75 Å². The highest BCUT2D eigenvalue weighted by Gasteiger charge is 2.00. The van der Waals surface area contributed by atoms with Crippen molar-refractivity contribution in [2.45, 2.75) is 13.0 Å². The predicted octanol–water partition coefficient (Wildman–Crippen LogP) is 0.565. The van der Waals surface area contributed by atoms with Crippen molar-refractivity contribution in [2.24, 2.45) is 7.05 Å². The van der Waals surface area contributed by atoms with Gasteiger partial charge in [-0.1, -0.05) is 0 Å². The van der Waals surface area contributed by atoms with Crippen LogP contribution in [0.25, 0.3) is 0 Å². The Morgan fingerprint density at radius 2 is 2.29 bits per heavy atom. The summed E-state index contributed by atoms with van der Waals surface area (Å²) < 4.78 is 3.55. The average molecular weight is 192 g/mol. The Balaban J connectivity index is 1.98. The first-order chi connectivity index (χ1) is 6.75. The van der Waals surface area contributed by atoms with Gasteiger partial charge in [-0.05, 0) is 6.07 Å². The zero-order chi connectivity index (χ0) is 9.97. The SMILES string of the molecule is Cn1nccc1CCn1cc(O)cn1. The van der Waals surface area contributed by atoms with Crippen LogP contribution in [-0.4, -0.2) is 24.7 Å². The molecule has 0 aliphatic carbocycles. The molecule has 0 spiro atoms. The zero-order valence-corrected chi connectivity index (χ0v) is 7.96. The van der Waals surface area contributed by atoms with E-state index in [0.717, 1.165) is 18.7 Å². The van der Waals surface area contributed by atoms with E-state index in [4.69, 9.17) is 5.11 Å². The van der Waals surface area contributed by atoms with Crippen molar-refractivity contribution < 1.29 is 5.11 Å². The van der Waals surface area contributed by atoms with Crippen molar-refractivity contribution in [2.75, 3.05) is 0 Å². The van der Waals surface area contributed by atoms with Crippen molar-refractivity contribution in [1.29, 1.82) is 0 Å². The first-order valence-electron chi connectivity index (χ1n) is 4.44. The van der Waals surface area contributed by atoms with E-state index in [2.05, 4.69) is 10.2 Å². The summed E-state index contributed by atoms with van der Waals surface area (Å²) in [6, 6.07) is 1.98. The Labute approximate surface area is 81.6 Å². The molecule has 2 heterocycles. The highest BCUT2D eigenvalue weighted by molar-refractivity contribution is 5.08. The smallest absolute Gasteiger partial charge is 0.153 e.